The quantitative estimate of drug-likeness (QED) is 0.846. The molecule has 0 saturated carbocycles. The second kappa shape index (κ2) is 4.74. The van der Waals surface area contributed by atoms with E-state index in [9.17, 15) is 0 Å². The Morgan fingerprint density at radius 1 is 1.38 bits per heavy atom. The molecule has 16 heavy (non-hydrogen) atoms. The average Bonchev–Trinajstić information content (AvgIpc) is 2.83. The normalized spacial score (nSPS) is 10.4. The number of hydrogen-bond donors (Lipinski definition) is 1. The van der Waals surface area contributed by atoms with E-state index in [-0.39, 0.29) is 0 Å². The van der Waals surface area contributed by atoms with Crippen molar-refractivity contribution in [2.45, 2.75) is 19.8 Å². The van der Waals surface area contributed by atoms with Gasteiger partial charge in [0.25, 0.3) is 0 Å². The molecule has 0 aliphatic rings. The number of anilines is 1. The zero-order valence-electron chi connectivity index (χ0n) is 9.51. The molecule has 84 valence electrons. The van der Waals surface area contributed by atoms with Crippen LogP contribution in [0.1, 0.15) is 18.9 Å². The molecule has 1 N–H and O–H groups in total. The third kappa shape index (κ3) is 1.88. The summed E-state index contributed by atoms with van der Waals surface area (Å²) in [6, 6.07) is 1.89. The zero-order valence-corrected chi connectivity index (χ0v) is 9.51. The van der Waals surface area contributed by atoms with Gasteiger partial charge in [-0.05, 0) is 12.5 Å². The fourth-order valence-corrected chi connectivity index (χ4v) is 1.69. The summed E-state index contributed by atoms with van der Waals surface area (Å²) in [4.78, 5) is 8.52. The Morgan fingerprint density at radius 2 is 2.25 bits per heavy atom. The minimum Gasteiger partial charge on any atom is -0.373 e. The second-order valence-electron chi connectivity index (χ2n) is 3.48. The van der Waals surface area contributed by atoms with E-state index in [2.05, 4.69) is 27.3 Å². The fourth-order valence-electron chi connectivity index (χ4n) is 1.69. The molecule has 2 rings (SSSR count). The van der Waals surface area contributed by atoms with Gasteiger partial charge >= 0.3 is 0 Å². The van der Waals surface area contributed by atoms with Gasteiger partial charge in [-0.25, -0.2) is 14.6 Å². The Bertz CT molecular complexity index is 449. The summed E-state index contributed by atoms with van der Waals surface area (Å²) in [6.07, 6.45) is 7.18. The molecule has 0 bridgehead atoms. The molecule has 2 aromatic rings. The Labute approximate surface area is 94.5 Å². The lowest BCUT2D eigenvalue weighted by molar-refractivity contribution is 0.800. The summed E-state index contributed by atoms with van der Waals surface area (Å²) < 4.78 is 1.77. The predicted molar refractivity (Wildman–Crippen MR) is 62.7 cm³/mol. The first kappa shape index (κ1) is 10.6. The smallest absolute Gasteiger partial charge is 0.161 e. The molecule has 5 nitrogen and oxygen atoms in total. The van der Waals surface area contributed by atoms with Crippen LogP contribution in [0.3, 0.4) is 0 Å². The lowest BCUT2D eigenvalue weighted by Gasteiger charge is -2.11. The summed E-state index contributed by atoms with van der Waals surface area (Å²) in [5.41, 5.74) is 1.11. The van der Waals surface area contributed by atoms with Crippen LogP contribution in [0.15, 0.2) is 24.8 Å². The number of nitrogens with zero attached hydrogens (tertiary/aromatic N) is 4. The molecular formula is C11H15N5. The highest BCUT2D eigenvalue weighted by Crippen LogP contribution is 2.19. The van der Waals surface area contributed by atoms with E-state index in [1.54, 1.807) is 17.2 Å². The highest BCUT2D eigenvalue weighted by molar-refractivity contribution is 5.51. The van der Waals surface area contributed by atoms with Gasteiger partial charge in [0, 0.05) is 25.0 Å². The number of aromatic nitrogens is 4. The van der Waals surface area contributed by atoms with Gasteiger partial charge in [0.1, 0.15) is 12.1 Å². The van der Waals surface area contributed by atoms with Crippen LogP contribution in [0, 0.1) is 0 Å². The van der Waals surface area contributed by atoms with Gasteiger partial charge in [0.05, 0.1) is 0 Å². The van der Waals surface area contributed by atoms with Crippen molar-refractivity contribution in [2.24, 2.45) is 0 Å². The molecule has 0 aromatic carbocycles. The van der Waals surface area contributed by atoms with Crippen LogP contribution < -0.4 is 5.32 Å². The van der Waals surface area contributed by atoms with Gasteiger partial charge in [0.2, 0.25) is 0 Å². The van der Waals surface area contributed by atoms with Gasteiger partial charge in [-0.3, -0.25) is 0 Å². The molecule has 0 atom stereocenters. The lowest BCUT2D eigenvalue weighted by Crippen LogP contribution is -2.08. The summed E-state index contributed by atoms with van der Waals surface area (Å²) in [6.45, 7) is 2.14. The maximum atomic E-state index is 4.30. The average molecular weight is 217 g/mol. The van der Waals surface area contributed by atoms with Crippen LogP contribution in [0.25, 0.3) is 5.82 Å². The van der Waals surface area contributed by atoms with Crippen molar-refractivity contribution in [3.05, 3.63) is 30.4 Å². The molecule has 0 spiro atoms. The molecule has 0 unspecified atom stereocenters. The lowest BCUT2D eigenvalue weighted by atomic mass is 10.1. The Balaban J connectivity index is 2.51. The van der Waals surface area contributed by atoms with E-state index in [1.165, 1.54) is 0 Å². The molecule has 2 heterocycles. The summed E-state index contributed by atoms with van der Waals surface area (Å²) in [7, 11) is 1.87. The molecule has 0 amide bonds. The van der Waals surface area contributed by atoms with Crippen LogP contribution in [0.4, 0.5) is 5.82 Å². The SMILES string of the molecule is CCCc1c(NC)ncnc1-n1cccn1. The van der Waals surface area contributed by atoms with Crippen LogP contribution in [-0.2, 0) is 6.42 Å². The molecule has 0 saturated heterocycles. The van der Waals surface area contributed by atoms with E-state index in [0.717, 1.165) is 30.0 Å². The highest BCUT2D eigenvalue weighted by Gasteiger charge is 2.11. The van der Waals surface area contributed by atoms with E-state index in [1.807, 2.05) is 19.3 Å². The third-order valence-corrected chi connectivity index (χ3v) is 2.38. The highest BCUT2D eigenvalue weighted by atomic mass is 15.3. The van der Waals surface area contributed by atoms with Crippen molar-refractivity contribution in [1.29, 1.82) is 0 Å². The van der Waals surface area contributed by atoms with Crippen molar-refractivity contribution >= 4 is 5.82 Å². The summed E-state index contributed by atoms with van der Waals surface area (Å²) >= 11 is 0. The monoisotopic (exact) mass is 217 g/mol. The minimum absolute atomic E-state index is 0.853. The Hall–Kier alpha value is -1.91. The Morgan fingerprint density at radius 3 is 2.88 bits per heavy atom. The maximum absolute atomic E-state index is 4.30. The van der Waals surface area contributed by atoms with Gasteiger partial charge in [-0.2, -0.15) is 5.10 Å². The molecule has 0 aliphatic carbocycles. The van der Waals surface area contributed by atoms with E-state index in [0.29, 0.717) is 0 Å². The molecule has 5 heteroatoms. The molecule has 0 fully saturated rings. The Kier molecular flexibility index (Phi) is 3.14. The van der Waals surface area contributed by atoms with Gasteiger partial charge < -0.3 is 5.32 Å². The fraction of sp³-hybridized carbons (Fsp3) is 0.364. The summed E-state index contributed by atoms with van der Waals surface area (Å²) in [5.74, 6) is 1.73. The molecule has 0 aliphatic heterocycles. The largest absolute Gasteiger partial charge is 0.373 e. The molecule has 0 radical (unpaired) electrons. The maximum Gasteiger partial charge on any atom is 0.161 e. The third-order valence-electron chi connectivity index (χ3n) is 2.38. The molecule has 2 aromatic heterocycles. The number of hydrogen-bond acceptors (Lipinski definition) is 4. The van der Waals surface area contributed by atoms with Crippen LogP contribution >= 0.6 is 0 Å². The van der Waals surface area contributed by atoms with Crippen molar-refractivity contribution in [2.75, 3.05) is 12.4 Å². The van der Waals surface area contributed by atoms with E-state index < -0.39 is 0 Å². The minimum atomic E-state index is 0.853. The summed E-state index contributed by atoms with van der Waals surface area (Å²) in [5, 5.41) is 7.29. The van der Waals surface area contributed by atoms with Crippen molar-refractivity contribution < 1.29 is 0 Å². The second-order valence-corrected chi connectivity index (χ2v) is 3.48. The topological polar surface area (TPSA) is 55.6 Å². The van der Waals surface area contributed by atoms with E-state index in [4.69, 9.17) is 0 Å². The number of nitrogens with one attached hydrogen (secondary N) is 1. The molecular weight excluding hydrogens is 202 g/mol. The first-order chi connectivity index (χ1) is 7.86. The van der Waals surface area contributed by atoms with Crippen molar-refractivity contribution in [3.8, 4) is 5.82 Å². The first-order valence-corrected chi connectivity index (χ1v) is 5.38. The van der Waals surface area contributed by atoms with Gasteiger partial charge in [-0.15, -0.1) is 0 Å². The van der Waals surface area contributed by atoms with Gasteiger partial charge in [0.15, 0.2) is 5.82 Å². The first-order valence-electron chi connectivity index (χ1n) is 5.38. The zero-order chi connectivity index (χ0) is 11.4. The van der Waals surface area contributed by atoms with E-state index >= 15 is 0 Å². The number of rotatable bonds is 4. The van der Waals surface area contributed by atoms with Crippen LogP contribution in [-0.4, -0.2) is 26.8 Å². The predicted octanol–water partition coefficient (Wildman–Crippen LogP) is 1.66. The van der Waals surface area contributed by atoms with Crippen LogP contribution in [0.5, 0.6) is 0 Å². The van der Waals surface area contributed by atoms with Crippen molar-refractivity contribution in [3.63, 3.8) is 0 Å². The van der Waals surface area contributed by atoms with Crippen molar-refractivity contribution in [1.82, 2.24) is 19.7 Å². The standard InChI is InChI=1S/C11H15N5/c1-3-5-9-10(12-2)13-8-14-11(9)16-7-4-6-15-16/h4,6-8H,3,5H2,1-2H3,(H,12,13,14). The van der Waals surface area contributed by atoms with Crippen LogP contribution in [0.2, 0.25) is 0 Å². The van der Waals surface area contributed by atoms with Gasteiger partial charge in [-0.1, -0.05) is 13.3 Å².